The molecule has 2 aromatic rings. The number of carbonyl (C=O) groups excluding carboxylic acids is 1. The van der Waals surface area contributed by atoms with E-state index in [-0.39, 0.29) is 11.7 Å². The zero-order valence-corrected chi connectivity index (χ0v) is 13.5. The molecule has 5 heteroatoms. The van der Waals surface area contributed by atoms with E-state index < -0.39 is 6.10 Å². The van der Waals surface area contributed by atoms with Gasteiger partial charge in [0.15, 0.2) is 0 Å². The van der Waals surface area contributed by atoms with Gasteiger partial charge in [-0.1, -0.05) is 42.8 Å². The van der Waals surface area contributed by atoms with Gasteiger partial charge in [-0.25, -0.2) is 4.39 Å². The molecule has 1 unspecified atom stereocenters. The predicted molar refractivity (Wildman–Crippen MR) is 91.5 cm³/mol. The quantitative estimate of drug-likeness (QED) is 0.905. The average Bonchev–Trinajstić information content (AvgIpc) is 3.07. The van der Waals surface area contributed by atoms with E-state index in [2.05, 4.69) is 17.4 Å². The number of nitrogens with one attached hydrogen (secondary N) is 1. The van der Waals surface area contributed by atoms with Gasteiger partial charge in [0.1, 0.15) is 5.82 Å². The SMILES string of the molecule is CCCc1ccc(NC(=O)C2CC(c3cccc(F)c3)=NO2)cc1. The third-order valence-corrected chi connectivity index (χ3v) is 3.88. The van der Waals surface area contributed by atoms with Gasteiger partial charge in [0.05, 0.1) is 5.71 Å². The van der Waals surface area contributed by atoms with Crippen LogP contribution in [0.2, 0.25) is 0 Å². The van der Waals surface area contributed by atoms with Crippen molar-refractivity contribution in [3.8, 4) is 0 Å². The highest BCUT2D eigenvalue weighted by molar-refractivity contribution is 6.06. The minimum atomic E-state index is -0.696. The van der Waals surface area contributed by atoms with E-state index in [0.29, 0.717) is 17.7 Å². The fourth-order valence-electron chi connectivity index (χ4n) is 2.62. The van der Waals surface area contributed by atoms with Crippen molar-refractivity contribution in [3.63, 3.8) is 0 Å². The highest BCUT2D eigenvalue weighted by Gasteiger charge is 2.29. The van der Waals surface area contributed by atoms with Gasteiger partial charge in [-0.3, -0.25) is 4.79 Å². The largest absolute Gasteiger partial charge is 0.382 e. The Morgan fingerprint density at radius 2 is 2.08 bits per heavy atom. The number of anilines is 1. The molecule has 1 N–H and O–H groups in total. The monoisotopic (exact) mass is 326 g/mol. The molecule has 0 aliphatic carbocycles. The third kappa shape index (κ3) is 3.79. The highest BCUT2D eigenvalue weighted by Crippen LogP contribution is 2.19. The lowest BCUT2D eigenvalue weighted by atomic mass is 10.0. The number of hydrogen-bond donors (Lipinski definition) is 1. The van der Waals surface area contributed by atoms with Gasteiger partial charge in [0.2, 0.25) is 6.10 Å². The van der Waals surface area contributed by atoms with Crippen molar-refractivity contribution in [1.29, 1.82) is 0 Å². The van der Waals surface area contributed by atoms with Gasteiger partial charge in [-0.15, -0.1) is 0 Å². The summed E-state index contributed by atoms with van der Waals surface area (Å²) in [6.07, 6.45) is 1.73. The van der Waals surface area contributed by atoms with Crippen LogP contribution in [0.25, 0.3) is 0 Å². The Bertz CT molecular complexity index is 756. The standard InChI is InChI=1S/C19H19FN2O2/c1-2-4-13-7-9-16(10-8-13)21-19(23)18-12-17(22-24-18)14-5-3-6-15(20)11-14/h3,5-11,18H,2,4,12H2,1H3,(H,21,23). The summed E-state index contributed by atoms with van der Waals surface area (Å²) in [6, 6.07) is 13.9. The van der Waals surface area contributed by atoms with Crippen molar-refractivity contribution in [2.45, 2.75) is 32.3 Å². The van der Waals surface area contributed by atoms with Crippen LogP contribution in [-0.2, 0) is 16.1 Å². The number of benzene rings is 2. The maximum Gasteiger partial charge on any atom is 0.268 e. The molecule has 1 heterocycles. The van der Waals surface area contributed by atoms with Crippen LogP contribution in [0.4, 0.5) is 10.1 Å². The summed E-state index contributed by atoms with van der Waals surface area (Å²) in [4.78, 5) is 17.5. The average molecular weight is 326 g/mol. The Labute approximate surface area is 140 Å². The van der Waals surface area contributed by atoms with E-state index in [9.17, 15) is 9.18 Å². The topological polar surface area (TPSA) is 50.7 Å². The summed E-state index contributed by atoms with van der Waals surface area (Å²) in [5.74, 6) is -0.594. The van der Waals surface area contributed by atoms with E-state index in [1.54, 1.807) is 12.1 Å². The molecule has 3 rings (SSSR count). The second-order valence-corrected chi connectivity index (χ2v) is 5.78. The highest BCUT2D eigenvalue weighted by atomic mass is 19.1. The summed E-state index contributed by atoms with van der Waals surface area (Å²) in [5, 5.41) is 6.74. The first-order valence-electron chi connectivity index (χ1n) is 8.04. The number of nitrogens with zero attached hydrogens (tertiary/aromatic N) is 1. The predicted octanol–water partition coefficient (Wildman–Crippen LogP) is 3.91. The third-order valence-electron chi connectivity index (χ3n) is 3.88. The minimum absolute atomic E-state index is 0.256. The number of halogens is 1. The van der Waals surface area contributed by atoms with Crippen LogP contribution >= 0.6 is 0 Å². The first-order valence-corrected chi connectivity index (χ1v) is 8.04. The molecule has 2 aromatic carbocycles. The molecule has 1 aliphatic rings. The fourth-order valence-corrected chi connectivity index (χ4v) is 2.62. The van der Waals surface area contributed by atoms with Crippen LogP contribution in [0.1, 0.15) is 30.9 Å². The molecular formula is C19H19FN2O2. The molecule has 4 nitrogen and oxygen atoms in total. The summed E-state index contributed by atoms with van der Waals surface area (Å²) in [6.45, 7) is 2.13. The molecular weight excluding hydrogens is 307 g/mol. The van der Waals surface area contributed by atoms with Crippen molar-refractivity contribution in [3.05, 3.63) is 65.5 Å². The van der Waals surface area contributed by atoms with Crippen molar-refractivity contribution in [1.82, 2.24) is 0 Å². The van der Waals surface area contributed by atoms with Crippen molar-refractivity contribution in [2.24, 2.45) is 5.16 Å². The van der Waals surface area contributed by atoms with Crippen LogP contribution < -0.4 is 5.32 Å². The van der Waals surface area contributed by atoms with Gasteiger partial charge < -0.3 is 10.2 Å². The first kappa shape index (κ1) is 16.2. The lowest BCUT2D eigenvalue weighted by molar-refractivity contribution is -0.125. The normalized spacial score (nSPS) is 16.4. The Morgan fingerprint density at radius 1 is 1.29 bits per heavy atom. The Morgan fingerprint density at radius 3 is 2.79 bits per heavy atom. The summed E-state index contributed by atoms with van der Waals surface area (Å²) in [7, 11) is 0. The van der Waals surface area contributed by atoms with Crippen LogP contribution in [-0.4, -0.2) is 17.7 Å². The van der Waals surface area contributed by atoms with Crippen LogP contribution in [0.15, 0.2) is 53.7 Å². The smallest absolute Gasteiger partial charge is 0.268 e. The molecule has 1 atom stereocenters. The minimum Gasteiger partial charge on any atom is -0.382 e. The Hall–Kier alpha value is -2.69. The van der Waals surface area contributed by atoms with Gasteiger partial charge in [0, 0.05) is 17.7 Å². The van der Waals surface area contributed by atoms with Gasteiger partial charge >= 0.3 is 0 Å². The molecule has 1 aliphatic heterocycles. The lowest BCUT2D eigenvalue weighted by Gasteiger charge is -2.10. The van der Waals surface area contributed by atoms with E-state index in [0.717, 1.165) is 18.5 Å². The van der Waals surface area contributed by atoms with Crippen molar-refractivity contribution < 1.29 is 14.0 Å². The second-order valence-electron chi connectivity index (χ2n) is 5.78. The number of oxime groups is 1. The molecule has 0 radical (unpaired) electrons. The molecule has 0 saturated heterocycles. The Balaban J connectivity index is 1.59. The molecule has 124 valence electrons. The van der Waals surface area contributed by atoms with E-state index >= 15 is 0 Å². The summed E-state index contributed by atoms with van der Waals surface area (Å²) in [5.41, 5.74) is 3.18. The first-order chi connectivity index (χ1) is 11.7. The number of carbonyl (C=O) groups is 1. The zero-order chi connectivity index (χ0) is 16.9. The number of hydrogen-bond acceptors (Lipinski definition) is 3. The van der Waals surface area contributed by atoms with Crippen LogP contribution in [0.5, 0.6) is 0 Å². The summed E-state index contributed by atoms with van der Waals surface area (Å²) >= 11 is 0. The number of amides is 1. The van der Waals surface area contributed by atoms with Gasteiger partial charge in [-0.05, 0) is 36.2 Å². The van der Waals surface area contributed by atoms with E-state index in [1.165, 1.54) is 17.7 Å². The molecule has 24 heavy (non-hydrogen) atoms. The molecule has 1 amide bonds. The lowest BCUT2D eigenvalue weighted by Crippen LogP contribution is -2.28. The molecule has 0 saturated carbocycles. The summed E-state index contributed by atoms with van der Waals surface area (Å²) < 4.78 is 13.3. The van der Waals surface area contributed by atoms with Gasteiger partial charge in [-0.2, -0.15) is 0 Å². The van der Waals surface area contributed by atoms with Crippen molar-refractivity contribution in [2.75, 3.05) is 5.32 Å². The van der Waals surface area contributed by atoms with Crippen LogP contribution in [0, 0.1) is 5.82 Å². The van der Waals surface area contributed by atoms with Crippen LogP contribution in [0.3, 0.4) is 0 Å². The molecule has 0 spiro atoms. The van der Waals surface area contributed by atoms with E-state index in [4.69, 9.17) is 4.84 Å². The number of aryl methyl sites for hydroxylation is 1. The molecule has 0 fully saturated rings. The second kappa shape index (κ2) is 7.25. The fraction of sp³-hybridized carbons (Fsp3) is 0.263. The maximum atomic E-state index is 13.3. The maximum absolute atomic E-state index is 13.3. The Kier molecular flexibility index (Phi) is 4.89. The molecule has 0 aromatic heterocycles. The number of rotatable bonds is 5. The van der Waals surface area contributed by atoms with E-state index in [1.807, 2.05) is 24.3 Å². The molecule has 0 bridgehead atoms. The van der Waals surface area contributed by atoms with Crippen molar-refractivity contribution >= 4 is 17.3 Å². The zero-order valence-electron chi connectivity index (χ0n) is 13.5. The van der Waals surface area contributed by atoms with Gasteiger partial charge in [0.25, 0.3) is 5.91 Å².